The molecule has 106 valence electrons. The van der Waals surface area contributed by atoms with Gasteiger partial charge in [0.15, 0.2) is 0 Å². The lowest BCUT2D eigenvalue weighted by molar-refractivity contribution is 0.0424. The molecule has 3 rings (SSSR count). The van der Waals surface area contributed by atoms with E-state index < -0.39 is 0 Å². The first-order valence-corrected chi connectivity index (χ1v) is 9.00. The molecule has 1 aromatic heterocycles. The average molecular weight is 343 g/mol. The molecule has 2 aliphatic rings. The van der Waals surface area contributed by atoms with E-state index in [-0.39, 0.29) is 0 Å². The number of nitrogens with zero attached hydrogens (tertiary/aromatic N) is 1. The van der Waals surface area contributed by atoms with Gasteiger partial charge in [-0.3, -0.25) is 4.90 Å². The van der Waals surface area contributed by atoms with Gasteiger partial charge in [-0.1, -0.05) is 0 Å². The van der Waals surface area contributed by atoms with Crippen molar-refractivity contribution in [1.29, 1.82) is 0 Å². The van der Waals surface area contributed by atoms with Gasteiger partial charge in [-0.15, -0.1) is 11.3 Å². The summed E-state index contributed by atoms with van der Waals surface area (Å²) in [6, 6.07) is 5.02. The molecule has 0 bridgehead atoms. The predicted octanol–water partition coefficient (Wildman–Crippen LogP) is 4.04. The lowest BCUT2D eigenvalue weighted by Gasteiger charge is -2.47. The Labute approximate surface area is 128 Å². The Bertz CT molecular complexity index is 420. The first kappa shape index (κ1) is 14.1. The molecule has 0 amide bonds. The summed E-state index contributed by atoms with van der Waals surface area (Å²) in [6.07, 6.45) is 5.54. The van der Waals surface area contributed by atoms with E-state index in [1.807, 2.05) is 11.3 Å². The number of hydrogen-bond donors (Lipinski definition) is 1. The highest BCUT2D eigenvalue weighted by molar-refractivity contribution is 9.11. The van der Waals surface area contributed by atoms with Crippen LogP contribution in [-0.4, -0.2) is 31.1 Å². The van der Waals surface area contributed by atoms with E-state index in [0.717, 1.165) is 0 Å². The standard InChI is InChI=1S/C15H23BrN2S/c1-12(13-4-5-14(16)19-13)18-9-3-7-15(11-18)6-2-8-17-10-15/h4-5,12,17H,2-3,6-11H2,1H3. The molecule has 2 saturated heterocycles. The zero-order chi connectivity index (χ0) is 13.3. The van der Waals surface area contributed by atoms with Crippen molar-refractivity contribution in [3.05, 3.63) is 20.8 Å². The SMILES string of the molecule is CC(c1ccc(Br)s1)N1CCCC2(CCCNC2)C1. The summed E-state index contributed by atoms with van der Waals surface area (Å²) >= 11 is 5.47. The fourth-order valence-corrected chi connectivity index (χ4v) is 5.20. The molecular formula is C15H23BrN2S. The van der Waals surface area contributed by atoms with Crippen LogP contribution in [0.3, 0.4) is 0 Å². The summed E-state index contributed by atoms with van der Waals surface area (Å²) in [5.41, 5.74) is 0.555. The van der Waals surface area contributed by atoms with Gasteiger partial charge in [-0.05, 0) is 79.2 Å². The zero-order valence-electron chi connectivity index (χ0n) is 11.6. The fraction of sp³-hybridized carbons (Fsp3) is 0.733. The lowest BCUT2D eigenvalue weighted by atomic mass is 9.74. The molecule has 2 fully saturated rings. The third-order valence-electron chi connectivity index (χ3n) is 4.81. The molecule has 4 heteroatoms. The van der Waals surface area contributed by atoms with E-state index in [9.17, 15) is 0 Å². The first-order chi connectivity index (χ1) is 9.19. The van der Waals surface area contributed by atoms with Crippen molar-refractivity contribution in [2.45, 2.75) is 38.6 Å². The van der Waals surface area contributed by atoms with E-state index >= 15 is 0 Å². The van der Waals surface area contributed by atoms with Crippen molar-refractivity contribution in [2.75, 3.05) is 26.2 Å². The molecule has 0 aliphatic carbocycles. The average Bonchev–Trinajstić information content (AvgIpc) is 2.85. The van der Waals surface area contributed by atoms with Crippen molar-refractivity contribution >= 4 is 27.3 Å². The number of likely N-dealkylation sites (tertiary alicyclic amines) is 1. The van der Waals surface area contributed by atoms with Gasteiger partial charge in [0, 0.05) is 24.0 Å². The molecular weight excluding hydrogens is 320 g/mol. The minimum absolute atomic E-state index is 0.555. The molecule has 0 saturated carbocycles. The maximum atomic E-state index is 3.62. The van der Waals surface area contributed by atoms with Gasteiger partial charge in [0.25, 0.3) is 0 Å². The van der Waals surface area contributed by atoms with Gasteiger partial charge in [-0.25, -0.2) is 0 Å². The third kappa shape index (κ3) is 3.07. The number of halogens is 1. The van der Waals surface area contributed by atoms with Crippen LogP contribution in [0.25, 0.3) is 0 Å². The molecule has 1 N–H and O–H groups in total. The Kier molecular flexibility index (Phi) is 4.32. The lowest BCUT2D eigenvalue weighted by Crippen LogP contribution is -2.51. The van der Waals surface area contributed by atoms with Crippen molar-refractivity contribution < 1.29 is 0 Å². The van der Waals surface area contributed by atoms with Crippen LogP contribution < -0.4 is 5.32 Å². The molecule has 0 aromatic carbocycles. The molecule has 2 aliphatic heterocycles. The highest BCUT2D eigenvalue weighted by Crippen LogP contribution is 2.40. The van der Waals surface area contributed by atoms with E-state index in [2.05, 4.69) is 45.2 Å². The molecule has 2 unspecified atom stereocenters. The number of piperidine rings is 2. The minimum Gasteiger partial charge on any atom is -0.316 e. The van der Waals surface area contributed by atoms with Gasteiger partial charge < -0.3 is 5.32 Å². The van der Waals surface area contributed by atoms with Gasteiger partial charge in [0.2, 0.25) is 0 Å². The molecule has 1 spiro atoms. The molecule has 2 nitrogen and oxygen atoms in total. The Balaban J connectivity index is 1.70. The third-order valence-corrected chi connectivity index (χ3v) is 6.60. The van der Waals surface area contributed by atoms with Crippen molar-refractivity contribution in [3.63, 3.8) is 0 Å². The topological polar surface area (TPSA) is 15.3 Å². The quantitative estimate of drug-likeness (QED) is 0.872. The maximum absolute atomic E-state index is 3.62. The Hall–Kier alpha value is 0.1000. The number of hydrogen-bond acceptors (Lipinski definition) is 3. The fourth-order valence-electron chi connectivity index (χ4n) is 3.69. The normalized spacial score (nSPS) is 30.6. The zero-order valence-corrected chi connectivity index (χ0v) is 14.0. The molecule has 1 aromatic rings. The summed E-state index contributed by atoms with van der Waals surface area (Å²) in [6.45, 7) is 7.35. The van der Waals surface area contributed by atoms with E-state index in [1.165, 1.54) is 60.5 Å². The highest BCUT2D eigenvalue weighted by Gasteiger charge is 2.38. The smallest absolute Gasteiger partial charge is 0.0701 e. The van der Waals surface area contributed by atoms with Gasteiger partial charge in [0.1, 0.15) is 0 Å². The predicted molar refractivity (Wildman–Crippen MR) is 85.8 cm³/mol. The van der Waals surface area contributed by atoms with Crippen molar-refractivity contribution in [1.82, 2.24) is 10.2 Å². The summed E-state index contributed by atoms with van der Waals surface area (Å²) in [5.74, 6) is 0. The second kappa shape index (κ2) is 5.84. The summed E-state index contributed by atoms with van der Waals surface area (Å²) in [4.78, 5) is 4.20. The summed E-state index contributed by atoms with van der Waals surface area (Å²) < 4.78 is 1.25. The number of thiophene rings is 1. The monoisotopic (exact) mass is 342 g/mol. The number of nitrogens with one attached hydrogen (secondary N) is 1. The maximum Gasteiger partial charge on any atom is 0.0701 e. The summed E-state index contributed by atoms with van der Waals surface area (Å²) in [5, 5.41) is 3.62. The first-order valence-electron chi connectivity index (χ1n) is 7.39. The van der Waals surface area contributed by atoms with Crippen LogP contribution in [0.4, 0.5) is 0 Å². The Morgan fingerprint density at radius 3 is 2.89 bits per heavy atom. The van der Waals surface area contributed by atoms with E-state index in [0.29, 0.717) is 11.5 Å². The van der Waals surface area contributed by atoms with E-state index in [1.54, 1.807) is 0 Å². The van der Waals surface area contributed by atoms with Crippen LogP contribution in [0.15, 0.2) is 15.9 Å². The van der Waals surface area contributed by atoms with Gasteiger partial charge in [-0.2, -0.15) is 0 Å². The molecule has 2 atom stereocenters. The second-order valence-electron chi connectivity index (χ2n) is 6.17. The van der Waals surface area contributed by atoms with Crippen LogP contribution in [0.2, 0.25) is 0 Å². The van der Waals surface area contributed by atoms with Crippen molar-refractivity contribution in [2.24, 2.45) is 5.41 Å². The van der Waals surface area contributed by atoms with Crippen molar-refractivity contribution in [3.8, 4) is 0 Å². The number of rotatable bonds is 2. The van der Waals surface area contributed by atoms with Crippen LogP contribution >= 0.6 is 27.3 Å². The Morgan fingerprint density at radius 2 is 2.21 bits per heavy atom. The van der Waals surface area contributed by atoms with Crippen LogP contribution in [0.1, 0.15) is 43.5 Å². The van der Waals surface area contributed by atoms with Crippen LogP contribution in [0, 0.1) is 5.41 Å². The molecule has 0 radical (unpaired) electrons. The van der Waals surface area contributed by atoms with Crippen LogP contribution in [-0.2, 0) is 0 Å². The Morgan fingerprint density at radius 1 is 1.37 bits per heavy atom. The van der Waals surface area contributed by atoms with Crippen LogP contribution in [0.5, 0.6) is 0 Å². The summed E-state index contributed by atoms with van der Waals surface area (Å²) in [7, 11) is 0. The van der Waals surface area contributed by atoms with E-state index in [4.69, 9.17) is 0 Å². The van der Waals surface area contributed by atoms with Gasteiger partial charge >= 0.3 is 0 Å². The molecule has 19 heavy (non-hydrogen) atoms. The minimum atomic E-state index is 0.555. The largest absolute Gasteiger partial charge is 0.316 e. The highest BCUT2D eigenvalue weighted by atomic mass is 79.9. The molecule has 3 heterocycles. The second-order valence-corrected chi connectivity index (χ2v) is 8.67. The van der Waals surface area contributed by atoms with Gasteiger partial charge in [0.05, 0.1) is 3.79 Å².